The van der Waals surface area contributed by atoms with Crippen LogP contribution in [0.15, 0.2) is 24.3 Å². The van der Waals surface area contributed by atoms with Gasteiger partial charge in [0.25, 0.3) is 0 Å². The van der Waals surface area contributed by atoms with E-state index in [2.05, 4.69) is 5.32 Å². The van der Waals surface area contributed by atoms with Gasteiger partial charge in [0.2, 0.25) is 0 Å². The Balaban J connectivity index is 1.91. The number of hydrogen-bond acceptors (Lipinski definition) is 3. The predicted molar refractivity (Wildman–Crippen MR) is 75.3 cm³/mol. The fourth-order valence-corrected chi connectivity index (χ4v) is 2.35. The average molecular weight is 287 g/mol. The third-order valence-electron chi connectivity index (χ3n) is 3.78. The number of carboxylic acids is 1. The summed E-state index contributed by atoms with van der Waals surface area (Å²) in [6.45, 7) is 2.62. The van der Waals surface area contributed by atoms with E-state index in [1.165, 1.54) is 4.90 Å². The van der Waals surface area contributed by atoms with Gasteiger partial charge in [-0.3, -0.25) is 4.79 Å². The summed E-state index contributed by atoms with van der Waals surface area (Å²) in [5.41, 5.74) is 0.516. The second-order valence-electron chi connectivity index (χ2n) is 5.51. The van der Waals surface area contributed by atoms with Crippen LogP contribution in [-0.2, 0) is 11.3 Å². The molecule has 0 saturated carbocycles. The van der Waals surface area contributed by atoms with Gasteiger partial charge < -0.3 is 15.3 Å². The number of carbonyl (C=O) groups is 2. The molecule has 0 aliphatic carbocycles. The first-order valence-electron chi connectivity index (χ1n) is 6.70. The third kappa shape index (κ3) is 3.31. The highest BCUT2D eigenvalue weighted by atomic mass is 16.4. The zero-order valence-corrected chi connectivity index (χ0v) is 11.8. The van der Waals surface area contributed by atoms with Gasteiger partial charge in [-0.05, 0) is 31.0 Å². The summed E-state index contributed by atoms with van der Waals surface area (Å²) in [5.74, 6) is -0.875. The van der Waals surface area contributed by atoms with Crippen LogP contribution in [-0.4, -0.2) is 35.1 Å². The lowest BCUT2D eigenvalue weighted by molar-refractivity contribution is -0.146. The molecule has 21 heavy (non-hydrogen) atoms. The van der Waals surface area contributed by atoms with Crippen molar-refractivity contribution in [2.24, 2.45) is 5.41 Å². The van der Waals surface area contributed by atoms with Crippen LogP contribution in [0, 0.1) is 16.7 Å². The molecule has 110 valence electrons. The van der Waals surface area contributed by atoms with Crippen molar-refractivity contribution in [3.8, 4) is 6.07 Å². The number of nitriles is 1. The summed E-state index contributed by atoms with van der Waals surface area (Å²) < 4.78 is 0. The molecule has 0 radical (unpaired) electrons. The number of carbonyl (C=O) groups excluding carboxylic acids is 1. The molecule has 0 spiro atoms. The molecule has 1 aliphatic rings. The number of aliphatic carboxylic acids is 1. The minimum atomic E-state index is -0.875. The quantitative estimate of drug-likeness (QED) is 0.882. The van der Waals surface area contributed by atoms with E-state index in [1.807, 2.05) is 12.1 Å². The molecule has 0 bridgehead atoms. The first-order chi connectivity index (χ1) is 9.94. The molecule has 1 heterocycles. The lowest BCUT2D eigenvalue weighted by atomic mass is 9.90. The molecule has 0 aromatic heterocycles. The molecule has 1 atom stereocenters. The van der Waals surface area contributed by atoms with E-state index in [0.29, 0.717) is 25.1 Å². The van der Waals surface area contributed by atoms with Crippen LogP contribution in [0.3, 0.4) is 0 Å². The van der Waals surface area contributed by atoms with Crippen LogP contribution < -0.4 is 5.32 Å². The third-order valence-corrected chi connectivity index (χ3v) is 3.78. The normalized spacial score (nSPS) is 20.9. The Kier molecular flexibility index (Phi) is 4.13. The van der Waals surface area contributed by atoms with E-state index in [-0.39, 0.29) is 12.6 Å². The van der Waals surface area contributed by atoms with Crippen molar-refractivity contribution >= 4 is 12.0 Å². The number of hydrogen-bond donors (Lipinski definition) is 2. The maximum atomic E-state index is 12.0. The van der Waals surface area contributed by atoms with E-state index < -0.39 is 11.4 Å². The topological polar surface area (TPSA) is 93.4 Å². The van der Waals surface area contributed by atoms with E-state index in [9.17, 15) is 9.59 Å². The second kappa shape index (κ2) is 5.83. The van der Waals surface area contributed by atoms with Crippen molar-refractivity contribution in [3.05, 3.63) is 35.4 Å². The highest BCUT2D eigenvalue weighted by Gasteiger charge is 2.42. The Morgan fingerprint density at radius 1 is 1.52 bits per heavy atom. The summed E-state index contributed by atoms with van der Waals surface area (Å²) in [7, 11) is 0. The maximum Gasteiger partial charge on any atom is 0.317 e. The SMILES string of the molecule is CC1(C(=O)O)CCN(C(=O)NCc2cccc(C#N)c2)C1. The Morgan fingerprint density at radius 2 is 2.29 bits per heavy atom. The Hall–Kier alpha value is -2.55. The smallest absolute Gasteiger partial charge is 0.317 e. The average Bonchev–Trinajstić information content (AvgIpc) is 2.89. The predicted octanol–water partition coefficient (Wildman–Crippen LogP) is 1.56. The number of nitrogens with one attached hydrogen (secondary N) is 1. The number of nitrogens with zero attached hydrogens (tertiary/aromatic N) is 2. The van der Waals surface area contributed by atoms with E-state index >= 15 is 0 Å². The molecular weight excluding hydrogens is 270 g/mol. The Morgan fingerprint density at radius 3 is 2.90 bits per heavy atom. The zero-order chi connectivity index (χ0) is 15.5. The van der Waals surface area contributed by atoms with Crippen LogP contribution >= 0.6 is 0 Å². The maximum absolute atomic E-state index is 12.0. The molecule has 1 aromatic carbocycles. The van der Waals surface area contributed by atoms with Crippen molar-refractivity contribution in [2.45, 2.75) is 19.9 Å². The summed E-state index contributed by atoms with van der Waals surface area (Å²) in [6, 6.07) is 8.77. The van der Waals surface area contributed by atoms with Gasteiger partial charge in [-0.2, -0.15) is 5.26 Å². The molecule has 2 rings (SSSR count). The second-order valence-corrected chi connectivity index (χ2v) is 5.51. The Bertz CT molecular complexity index is 608. The van der Waals surface area contributed by atoms with Gasteiger partial charge in [0, 0.05) is 19.6 Å². The highest BCUT2D eigenvalue weighted by Crippen LogP contribution is 2.29. The van der Waals surface area contributed by atoms with Crippen LogP contribution in [0.4, 0.5) is 4.79 Å². The monoisotopic (exact) mass is 287 g/mol. The molecule has 1 saturated heterocycles. The summed E-state index contributed by atoms with van der Waals surface area (Å²) in [6.07, 6.45) is 0.458. The van der Waals surface area contributed by atoms with E-state index in [0.717, 1.165) is 5.56 Å². The molecule has 1 aromatic rings. The standard InChI is InChI=1S/C15H17N3O3/c1-15(13(19)20)5-6-18(10-15)14(21)17-9-12-4-2-3-11(7-12)8-16/h2-4,7H,5-6,9-10H2,1H3,(H,17,21)(H,19,20). The lowest BCUT2D eigenvalue weighted by Gasteiger charge is -2.20. The number of rotatable bonds is 3. The minimum absolute atomic E-state index is 0.215. The van der Waals surface area contributed by atoms with Crippen molar-refractivity contribution in [3.63, 3.8) is 0 Å². The fourth-order valence-electron chi connectivity index (χ4n) is 2.35. The van der Waals surface area contributed by atoms with Crippen molar-refractivity contribution < 1.29 is 14.7 Å². The minimum Gasteiger partial charge on any atom is -0.481 e. The molecule has 1 unspecified atom stereocenters. The number of benzene rings is 1. The van der Waals surface area contributed by atoms with Crippen molar-refractivity contribution in [1.82, 2.24) is 10.2 Å². The van der Waals surface area contributed by atoms with Crippen LogP contribution in [0.25, 0.3) is 0 Å². The van der Waals surface area contributed by atoms with Gasteiger partial charge in [-0.25, -0.2) is 4.79 Å². The van der Waals surface area contributed by atoms with E-state index in [1.54, 1.807) is 25.1 Å². The Labute approximate surface area is 123 Å². The van der Waals surface area contributed by atoms with E-state index in [4.69, 9.17) is 10.4 Å². The van der Waals surface area contributed by atoms with Crippen LogP contribution in [0.1, 0.15) is 24.5 Å². The highest BCUT2D eigenvalue weighted by molar-refractivity contribution is 5.79. The fraction of sp³-hybridized carbons (Fsp3) is 0.400. The van der Waals surface area contributed by atoms with Crippen molar-refractivity contribution in [2.75, 3.05) is 13.1 Å². The lowest BCUT2D eigenvalue weighted by Crippen LogP contribution is -2.40. The van der Waals surface area contributed by atoms with Gasteiger partial charge in [0.05, 0.1) is 17.0 Å². The van der Waals surface area contributed by atoms with Crippen molar-refractivity contribution in [1.29, 1.82) is 5.26 Å². The molecule has 2 amide bonds. The number of urea groups is 1. The first-order valence-corrected chi connectivity index (χ1v) is 6.70. The van der Waals surface area contributed by atoms with Crippen LogP contribution in [0.5, 0.6) is 0 Å². The summed E-state index contributed by atoms with van der Waals surface area (Å²) in [4.78, 5) is 24.7. The molecular formula is C15H17N3O3. The first kappa shape index (κ1) is 14.9. The van der Waals surface area contributed by atoms with Crippen LogP contribution in [0.2, 0.25) is 0 Å². The van der Waals surface area contributed by atoms with Gasteiger partial charge in [0.15, 0.2) is 0 Å². The summed E-state index contributed by atoms with van der Waals surface area (Å²) in [5, 5.41) is 20.7. The molecule has 2 N–H and O–H groups in total. The summed E-state index contributed by atoms with van der Waals surface area (Å²) >= 11 is 0. The largest absolute Gasteiger partial charge is 0.481 e. The number of likely N-dealkylation sites (tertiary alicyclic amines) is 1. The van der Waals surface area contributed by atoms with Gasteiger partial charge in [-0.15, -0.1) is 0 Å². The van der Waals surface area contributed by atoms with Gasteiger partial charge >= 0.3 is 12.0 Å². The molecule has 1 fully saturated rings. The van der Waals surface area contributed by atoms with Gasteiger partial charge in [0.1, 0.15) is 0 Å². The number of carboxylic acid groups (broad SMARTS) is 1. The molecule has 6 heteroatoms. The molecule has 1 aliphatic heterocycles. The number of amides is 2. The molecule has 6 nitrogen and oxygen atoms in total. The zero-order valence-electron chi connectivity index (χ0n) is 11.8. The van der Waals surface area contributed by atoms with Gasteiger partial charge in [-0.1, -0.05) is 12.1 Å².